The van der Waals surface area contributed by atoms with Gasteiger partial charge in [-0.1, -0.05) is 13.8 Å². The molecule has 0 unspecified atom stereocenters. The van der Waals surface area contributed by atoms with Crippen LogP contribution in [0.4, 0.5) is 0 Å². The molecule has 4 nitrogen and oxygen atoms in total. The summed E-state index contributed by atoms with van der Waals surface area (Å²) in [7, 11) is 3.75. The van der Waals surface area contributed by atoms with Crippen molar-refractivity contribution < 1.29 is 5.11 Å². The summed E-state index contributed by atoms with van der Waals surface area (Å²) in [6.07, 6.45) is 5.97. The van der Waals surface area contributed by atoms with Gasteiger partial charge < -0.3 is 15.8 Å². The molecule has 102 valence electrons. The van der Waals surface area contributed by atoms with Crippen LogP contribution >= 0.6 is 0 Å². The van der Waals surface area contributed by atoms with Gasteiger partial charge in [-0.05, 0) is 46.3 Å². The van der Waals surface area contributed by atoms with Crippen molar-refractivity contribution in [2.45, 2.75) is 51.1 Å². The van der Waals surface area contributed by atoms with Gasteiger partial charge in [0.15, 0.2) is 0 Å². The molecule has 2 aliphatic rings. The molecule has 0 spiro atoms. The minimum absolute atomic E-state index is 0.0578. The van der Waals surface area contributed by atoms with E-state index in [1.165, 1.54) is 12.6 Å². The first-order valence-electron chi connectivity index (χ1n) is 6.71. The molecule has 0 aromatic carbocycles. The predicted molar refractivity (Wildman–Crippen MR) is 73.9 cm³/mol. The fraction of sp³-hybridized carbons (Fsp3) is 0.923. The highest BCUT2D eigenvalue weighted by molar-refractivity contribution is 5.61. The second-order valence-electron chi connectivity index (χ2n) is 4.45. The van der Waals surface area contributed by atoms with E-state index in [2.05, 4.69) is 10.2 Å². The largest absolute Gasteiger partial charge is 0.394 e. The van der Waals surface area contributed by atoms with Gasteiger partial charge >= 0.3 is 0 Å². The van der Waals surface area contributed by atoms with E-state index >= 15 is 0 Å². The molecule has 2 saturated heterocycles. The summed E-state index contributed by atoms with van der Waals surface area (Å²) in [4.78, 5) is 2.32. The van der Waals surface area contributed by atoms with Crippen LogP contribution in [0.25, 0.3) is 0 Å². The van der Waals surface area contributed by atoms with Gasteiger partial charge in [0, 0.05) is 17.8 Å². The summed E-state index contributed by atoms with van der Waals surface area (Å²) in [5.74, 6) is 0. The summed E-state index contributed by atoms with van der Waals surface area (Å²) >= 11 is 0. The second kappa shape index (κ2) is 8.61. The summed E-state index contributed by atoms with van der Waals surface area (Å²) < 4.78 is 0. The number of nitrogens with one attached hydrogen (secondary N) is 2. The van der Waals surface area contributed by atoms with Gasteiger partial charge in [-0.15, -0.1) is 0 Å². The molecule has 4 heteroatoms. The zero-order valence-electron chi connectivity index (χ0n) is 11.8. The highest BCUT2D eigenvalue weighted by Crippen LogP contribution is 2.41. The number of aliphatic hydroxyl groups is 1. The number of fused-ring (bicyclic) bond motifs is 1. The molecule has 0 saturated carbocycles. The predicted octanol–water partition coefficient (Wildman–Crippen LogP) is 1.49. The van der Waals surface area contributed by atoms with Crippen LogP contribution in [-0.2, 0) is 0 Å². The number of hydrogen-bond donors (Lipinski definition) is 3. The van der Waals surface area contributed by atoms with E-state index < -0.39 is 0 Å². The van der Waals surface area contributed by atoms with Crippen molar-refractivity contribution in [3.8, 4) is 0 Å². The van der Waals surface area contributed by atoms with Crippen molar-refractivity contribution in [3.63, 3.8) is 0 Å². The van der Waals surface area contributed by atoms with E-state index in [1.54, 1.807) is 0 Å². The van der Waals surface area contributed by atoms with E-state index in [-0.39, 0.29) is 12.1 Å². The molecule has 2 aliphatic heterocycles. The third-order valence-electron chi connectivity index (χ3n) is 3.44. The number of hydrogen-bond acceptors (Lipinski definition) is 4. The zero-order valence-corrected chi connectivity index (χ0v) is 11.8. The van der Waals surface area contributed by atoms with Gasteiger partial charge in [0.25, 0.3) is 0 Å². The molecular weight excluding hydrogens is 214 g/mol. The Morgan fingerprint density at radius 3 is 2.47 bits per heavy atom. The minimum Gasteiger partial charge on any atom is -0.394 e. The highest BCUT2D eigenvalue weighted by atomic mass is 16.3. The monoisotopic (exact) mass is 243 g/mol. The van der Waals surface area contributed by atoms with E-state index in [9.17, 15) is 5.11 Å². The molecule has 0 aromatic rings. The Bertz CT molecular complexity index is 211. The van der Waals surface area contributed by atoms with Gasteiger partial charge in [0.05, 0.1) is 6.61 Å². The average Bonchev–Trinajstić information content (AvgIpc) is 2.91. The van der Waals surface area contributed by atoms with Crippen LogP contribution in [0, 0.1) is 5.41 Å². The maximum absolute atomic E-state index is 9.32. The molecule has 0 bridgehead atoms. The summed E-state index contributed by atoms with van der Waals surface area (Å²) in [5.41, 5.74) is 0.0578. The standard InChI is InChI=1S/C9H16N2O.C2H7N.C2H6/c10-6-8-2-4-9(7-12)3-1-5-11(8)9;1-3-2;1-2/h6,8,10,12H,1-5,7H2;3H,1-2H3;1-2H3/t8-,9-;;/m0../s1. The van der Waals surface area contributed by atoms with Gasteiger partial charge in [0.2, 0.25) is 0 Å². The molecule has 2 fully saturated rings. The Morgan fingerprint density at radius 2 is 2.00 bits per heavy atom. The van der Waals surface area contributed by atoms with Crippen LogP contribution in [0.1, 0.15) is 39.5 Å². The zero-order chi connectivity index (χ0) is 13.3. The average molecular weight is 243 g/mol. The van der Waals surface area contributed by atoms with Gasteiger partial charge in [-0.3, -0.25) is 4.90 Å². The smallest absolute Gasteiger partial charge is 0.0615 e. The maximum atomic E-state index is 9.32. The first-order chi connectivity index (χ1) is 8.24. The highest BCUT2D eigenvalue weighted by Gasteiger charge is 2.47. The topological polar surface area (TPSA) is 59.4 Å². The lowest BCUT2D eigenvalue weighted by Gasteiger charge is -2.31. The molecule has 0 aromatic heterocycles. The summed E-state index contributed by atoms with van der Waals surface area (Å²) in [6.45, 7) is 5.35. The van der Waals surface area contributed by atoms with Crippen molar-refractivity contribution in [1.29, 1.82) is 5.41 Å². The van der Waals surface area contributed by atoms with Crippen LogP contribution in [0.3, 0.4) is 0 Å². The van der Waals surface area contributed by atoms with Crippen molar-refractivity contribution >= 4 is 6.21 Å². The first-order valence-corrected chi connectivity index (χ1v) is 6.71. The molecule has 17 heavy (non-hydrogen) atoms. The quantitative estimate of drug-likeness (QED) is 0.644. The Labute approximate surface area is 106 Å². The second-order valence-corrected chi connectivity index (χ2v) is 4.45. The number of aliphatic hydroxyl groups excluding tert-OH is 1. The van der Waals surface area contributed by atoms with E-state index in [0.717, 1.165) is 25.8 Å². The Kier molecular flexibility index (Phi) is 8.39. The van der Waals surface area contributed by atoms with Crippen molar-refractivity contribution in [1.82, 2.24) is 10.2 Å². The molecule has 0 radical (unpaired) electrons. The molecule has 2 atom stereocenters. The minimum atomic E-state index is 0.0578. The lowest BCUT2D eigenvalue weighted by atomic mass is 9.95. The Balaban J connectivity index is 0.000000450. The third-order valence-corrected chi connectivity index (χ3v) is 3.44. The van der Waals surface area contributed by atoms with Crippen LogP contribution < -0.4 is 5.32 Å². The third kappa shape index (κ3) is 3.76. The van der Waals surface area contributed by atoms with Crippen LogP contribution in [0.5, 0.6) is 0 Å². The van der Waals surface area contributed by atoms with Gasteiger partial charge in [0.1, 0.15) is 0 Å². The van der Waals surface area contributed by atoms with Gasteiger partial charge in [-0.25, -0.2) is 0 Å². The number of nitrogens with zero attached hydrogens (tertiary/aromatic N) is 1. The molecule has 0 amide bonds. The van der Waals surface area contributed by atoms with Crippen LogP contribution in [0.2, 0.25) is 0 Å². The molecular formula is C13H29N3O. The fourth-order valence-corrected chi connectivity index (χ4v) is 2.74. The number of rotatable bonds is 2. The fourth-order valence-electron chi connectivity index (χ4n) is 2.74. The molecule has 3 N–H and O–H groups in total. The van der Waals surface area contributed by atoms with Crippen molar-refractivity contribution in [2.24, 2.45) is 0 Å². The molecule has 0 aliphatic carbocycles. The van der Waals surface area contributed by atoms with Crippen molar-refractivity contribution in [3.05, 3.63) is 0 Å². The van der Waals surface area contributed by atoms with E-state index in [1.807, 2.05) is 27.9 Å². The summed E-state index contributed by atoms with van der Waals surface area (Å²) in [6, 6.07) is 0.305. The lowest BCUT2D eigenvalue weighted by Crippen LogP contribution is -2.45. The maximum Gasteiger partial charge on any atom is 0.0615 e. The normalized spacial score (nSPS) is 30.8. The Hall–Kier alpha value is -0.450. The van der Waals surface area contributed by atoms with Crippen molar-refractivity contribution in [2.75, 3.05) is 27.2 Å². The Morgan fingerprint density at radius 1 is 1.41 bits per heavy atom. The van der Waals surface area contributed by atoms with Crippen LogP contribution in [-0.4, -0.2) is 55.0 Å². The molecule has 2 rings (SSSR count). The van der Waals surface area contributed by atoms with Crippen LogP contribution in [0.15, 0.2) is 0 Å². The van der Waals surface area contributed by atoms with Gasteiger partial charge in [-0.2, -0.15) is 0 Å². The summed E-state index contributed by atoms with van der Waals surface area (Å²) in [5, 5.41) is 19.3. The van der Waals surface area contributed by atoms with E-state index in [4.69, 9.17) is 5.41 Å². The van der Waals surface area contributed by atoms with E-state index in [0.29, 0.717) is 6.04 Å². The first kappa shape index (κ1) is 16.6. The lowest BCUT2D eigenvalue weighted by molar-refractivity contribution is 0.0914. The molecule has 2 heterocycles. The SMILES string of the molecule is CC.CNC.N=C[C@@H]1CC[C@]2(CO)CCCN12.